The van der Waals surface area contributed by atoms with Crippen molar-refractivity contribution in [2.75, 3.05) is 0 Å². The first-order valence-electron chi connectivity index (χ1n) is 11.6. The maximum absolute atomic E-state index is 14.0. The standard InChI is InChI=1S/C28H26N4O4/c1-17-7-6-10-22-26(17)20(15-30(22)2)16-31-21-12-11-19(27(29)35)13-24(21)32(28(31)36)23(14-25(33)34)18-8-4-3-5-9-18/h3-13,15,23H,14,16H2,1-2H3,(H2,29,35)(H,33,34). The number of fused-ring (bicyclic) bond motifs is 2. The highest BCUT2D eigenvalue weighted by atomic mass is 16.4. The lowest BCUT2D eigenvalue weighted by molar-refractivity contribution is -0.137. The first kappa shape index (κ1) is 23.2. The van der Waals surface area contributed by atoms with E-state index in [1.54, 1.807) is 34.9 Å². The quantitative estimate of drug-likeness (QED) is 0.367. The number of amides is 1. The fourth-order valence-electron chi connectivity index (χ4n) is 5.11. The van der Waals surface area contributed by atoms with Gasteiger partial charge in [-0.3, -0.25) is 18.7 Å². The van der Waals surface area contributed by atoms with Crippen molar-refractivity contribution in [1.29, 1.82) is 0 Å². The van der Waals surface area contributed by atoms with Crippen molar-refractivity contribution >= 4 is 33.8 Å². The van der Waals surface area contributed by atoms with Gasteiger partial charge < -0.3 is 15.4 Å². The summed E-state index contributed by atoms with van der Waals surface area (Å²) >= 11 is 0. The van der Waals surface area contributed by atoms with Crippen molar-refractivity contribution in [3.8, 4) is 0 Å². The number of aryl methyl sites for hydroxylation is 2. The van der Waals surface area contributed by atoms with Gasteiger partial charge in [-0.25, -0.2) is 4.79 Å². The minimum Gasteiger partial charge on any atom is -0.481 e. The summed E-state index contributed by atoms with van der Waals surface area (Å²) in [4.78, 5) is 37.8. The first-order chi connectivity index (χ1) is 17.3. The predicted octanol–water partition coefficient (Wildman–Crippen LogP) is 3.81. The SMILES string of the molecule is Cc1cccc2c1c(Cn1c(=O)n(C(CC(=O)O)c3ccccc3)c3cc(C(N)=O)ccc31)cn2C. The molecule has 1 unspecified atom stereocenters. The van der Waals surface area contributed by atoms with Crippen molar-refractivity contribution < 1.29 is 14.7 Å². The Bertz CT molecular complexity index is 1690. The van der Waals surface area contributed by atoms with Crippen molar-refractivity contribution in [1.82, 2.24) is 13.7 Å². The Kier molecular flexibility index (Phi) is 5.72. The minimum atomic E-state index is -1.03. The molecule has 0 bridgehead atoms. The van der Waals surface area contributed by atoms with Crippen LogP contribution in [-0.2, 0) is 18.4 Å². The van der Waals surface area contributed by atoms with Crippen LogP contribution in [0.5, 0.6) is 0 Å². The molecule has 0 aliphatic heterocycles. The number of nitrogens with two attached hydrogens (primary N) is 1. The molecule has 8 heteroatoms. The largest absolute Gasteiger partial charge is 0.481 e. The second-order valence-corrected chi connectivity index (χ2v) is 9.07. The van der Waals surface area contributed by atoms with Gasteiger partial charge in [-0.1, -0.05) is 42.5 Å². The van der Waals surface area contributed by atoms with Gasteiger partial charge in [0.1, 0.15) is 0 Å². The number of carbonyl (C=O) groups is 2. The highest BCUT2D eigenvalue weighted by Crippen LogP contribution is 2.29. The zero-order chi connectivity index (χ0) is 25.6. The molecule has 0 saturated carbocycles. The van der Waals surface area contributed by atoms with E-state index < -0.39 is 17.9 Å². The number of aromatic nitrogens is 3. The number of carboxylic acids is 1. The molecule has 2 aromatic heterocycles. The van der Waals surface area contributed by atoms with Gasteiger partial charge in [-0.2, -0.15) is 0 Å². The lowest BCUT2D eigenvalue weighted by atomic mass is 10.0. The summed E-state index contributed by atoms with van der Waals surface area (Å²) in [6, 6.07) is 19.2. The summed E-state index contributed by atoms with van der Waals surface area (Å²) in [6.45, 7) is 2.32. The van der Waals surface area contributed by atoms with E-state index in [9.17, 15) is 19.5 Å². The van der Waals surface area contributed by atoms with Crippen molar-refractivity contribution in [3.63, 3.8) is 0 Å². The molecule has 0 fully saturated rings. The molecule has 1 amide bonds. The molecular formula is C28H26N4O4. The van der Waals surface area contributed by atoms with Gasteiger partial charge in [-0.05, 0) is 47.9 Å². The van der Waals surface area contributed by atoms with Crippen molar-refractivity contribution in [2.45, 2.75) is 25.9 Å². The highest BCUT2D eigenvalue weighted by Gasteiger charge is 2.25. The molecule has 182 valence electrons. The third kappa shape index (κ3) is 3.86. The fourth-order valence-corrected chi connectivity index (χ4v) is 5.11. The number of rotatable bonds is 7. The van der Waals surface area contributed by atoms with Crippen LogP contribution in [0.15, 0.2) is 77.7 Å². The normalized spacial score (nSPS) is 12.3. The molecule has 0 saturated heterocycles. The zero-order valence-corrected chi connectivity index (χ0v) is 20.0. The molecule has 0 aliphatic rings. The second kappa shape index (κ2) is 8.88. The Morgan fingerprint density at radius 3 is 2.42 bits per heavy atom. The van der Waals surface area contributed by atoms with Crippen LogP contribution in [0.4, 0.5) is 0 Å². The number of hydrogen-bond donors (Lipinski definition) is 2. The summed E-state index contributed by atoms with van der Waals surface area (Å²) < 4.78 is 5.15. The Hall–Kier alpha value is -4.59. The van der Waals surface area contributed by atoms with E-state index in [4.69, 9.17) is 5.73 Å². The topological polar surface area (TPSA) is 112 Å². The van der Waals surface area contributed by atoms with E-state index >= 15 is 0 Å². The molecule has 36 heavy (non-hydrogen) atoms. The van der Waals surface area contributed by atoms with E-state index in [-0.39, 0.29) is 24.2 Å². The molecule has 5 aromatic rings. The van der Waals surface area contributed by atoms with Crippen LogP contribution in [0.3, 0.4) is 0 Å². The number of nitrogens with zero attached hydrogens (tertiary/aromatic N) is 3. The third-order valence-electron chi connectivity index (χ3n) is 6.74. The number of primary amides is 1. The average Bonchev–Trinajstić information content (AvgIpc) is 3.32. The molecule has 0 aliphatic carbocycles. The molecule has 8 nitrogen and oxygen atoms in total. The minimum absolute atomic E-state index is 0.247. The average molecular weight is 483 g/mol. The van der Waals surface area contributed by atoms with Crippen LogP contribution < -0.4 is 11.4 Å². The monoisotopic (exact) mass is 482 g/mol. The smallest absolute Gasteiger partial charge is 0.330 e. The van der Waals surface area contributed by atoms with Crippen LogP contribution >= 0.6 is 0 Å². The van der Waals surface area contributed by atoms with Crippen molar-refractivity contribution in [2.24, 2.45) is 12.8 Å². The number of carboxylic acid groups (broad SMARTS) is 1. The summed E-state index contributed by atoms with van der Waals surface area (Å²) in [5.74, 6) is -1.66. The number of imidazole rings is 1. The molecule has 3 aromatic carbocycles. The number of hydrogen-bond acceptors (Lipinski definition) is 3. The Morgan fingerprint density at radius 1 is 0.972 bits per heavy atom. The van der Waals surface area contributed by atoms with Crippen LogP contribution in [0.25, 0.3) is 21.9 Å². The Labute approximate surface area is 206 Å². The number of carbonyl (C=O) groups excluding carboxylic acids is 1. The van der Waals surface area contributed by atoms with E-state index in [1.807, 2.05) is 61.1 Å². The van der Waals surface area contributed by atoms with Crippen molar-refractivity contribution in [3.05, 3.63) is 106 Å². The second-order valence-electron chi connectivity index (χ2n) is 9.07. The molecule has 0 radical (unpaired) electrons. The summed E-state index contributed by atoms with van der Waals surface area (Å²) in [5.41, 5.74) is 10.3. The molecule has 5 rings (SSSR count). The van der Waals surface area contributed by atoms with Gasteiger partial charge >= 0.3 is 11.7 Å². The summed E-state index contributed by atoms with van der Waals surface area (Å²) in [5, 5.41) is 10.8. The van der Waals surface area contributed by atoms with Crippen LogP contribution in [0.1, 0.15) is 39.5 Å². The first-order valence-corrected chi connectivity index (χ1v) is 11.6. The maximum Gasteiger partial charge on any atom is 0.330 e. The molecule has 2 heterocycles. The molecule has 1 atom stereocenters. The number of benzene rings is 3. The highest BCUT2D eigenvalue weighted by molar-refractivity contribution is 5.96. The van der Waals surface area contributed by atoms with E-state index in [2.05, 4.69) is 0 Å². The number of aliphatic carboxylic acids is 1. The van der Waals surface area contributed by atoms with E-state index in [1.165, 1.54) is 4.57 Å². The van der Waals surface area contributed by atoms with Gasteiger partial charge in [0.2, 0.25) is 5.91 Å². The van der Waals surface area contributed by atoms with Crippen LogP contribution in [0, 0.1) is 6.92 Å². The van der Waals surface area contributed by atoms with Gasteiger partial charge in [0.25, 0.3) is 0 Å². The maximum atomic E-state index is 14.0. The van der Waals surface area contributed by atoms with E-state index in [0.717, 1.165) is 22.0 Å². The lowest BCUT2D eigenvalue weighted by Gasteiger charge is -2.17. The van der Waals surface area contributed by atoms with Gasteiger partial charge in [-0.15, -0.1) is 0 Å². The van der Waals surface area contributed by atoms with E-state index in [0.29, 0.717) is 16.6 Å². The molecular weight excluding hydrogens is 456 g/mol. The zero-order valence-electron chi connectivity index (χ0n) is 20.0. The molecule has 0 spiro atoms. The van der Waals surface area contributed by atoms with Gasteiger partial charge in [0.15, 0.2) is 0 Å². The van der Waals surface area contributed by atoms with Gasteiger partial charge in [0.05, 0.1) is 30.0 Å². The fraction of sp³-hybridized carbons (Fsp3) is 0.179. The van der Waals surface area contributed by atoms with Crippen LogP contribution in [-0.4, -0.2) is 30.7 Å². The lowest BCUT2D eigenvalue weighted by Crippen LogP contribution is -2.29. The van der Waals surface area contributed by atoms with Crippen LogP contribution in [0.2, 0.25) is 0 Å². The summed E-state index contributed by atoms with van der Waals surface area (Å²) in [7, 11) is 1.97. The Morgan fingerprint density at radius 2 is 1.72 bits per heavy atom. The predicted molar refractivity (Wildman–Crippen MR) is 138 cm³/mol. The Balaban J connectivity index is 1.78. The van der Waals surface area contributed by atoms with Gasteiger partial charge in [0, 0.05) is 29.7 Å². The molecule has 3 N–H and O–H groups in total. The summed E-state index contributed by atoms with van der Waals surface area (Å²) in [6.07, 6.45) is 1.72. The third-order valence-corrected chi connectivity index (χ3v) is 6.74.